The second-order valence-electron chi connectivity index (χ2n) is 6.72. The van der Waals surface area contributed by atoms with E-state index in [-0.39, 0.29) is 5.56 Å². The third-order valence-corrected chi connectivity index (χ3v) is 4.82. The lowest BCUT2D eigenvalue weighted by molar-refractivity contribution is 0.0599. The molecule has 0 saturated carbocycles. The Labute approximate surface area is 175 Å². The molecule has 0 aliphatic carbocycles. The molecular formula is C23H23NO6. The van der Waals surface area contributed by atoms with Crippen molar-refractivity contribution < 1.29 is 28.9 Å². The summed E-state index contributed by atoms with van der Waals surface area (Å²) in [5.74, 6) is 6.18. The number of methoxy groups -OCH3 is 2. The number of likely N-dealkylation sites (tertiary alicyclic amines) is 1. The van der Waals surface area contributed by atoms with Crippen LogP contribution in [0.25, 0.3) is 0 Å². The minimum Gasteiger partial charge on any atom is -0.493 e. The lowest BCUT2D eigenvalue weighted by atomic mass is 10.1. The Bertz CT molecular complexity index is 976. The first-order valence-electron chi connectivity index (χ1n) is 9.51. The van der Waals surface area contributed by atoms with Crippen molar-refractivity contribution in [3.63, 3.8) is 0 Å². The van der Waals surface area contributed by atoms with E-state index in [1.807, 2.05) is 30.3 Å². The molecule has 1 fully saturated rings. The third kappa shape index (κ3) is 4.84. The molecule has 1 saturated heterocycles. The fourth-order valence-electron chi connectivity index (χ4n) is 3.26. The monoisotopic (exact) mass is 409 g/mol. The summed E-state index contributed by atoms with van der Waals surface area (Å²) in [5.41, 5.74) is 1.60. The molecule has 2 aromatic carbocycles. The van der Waals surface area contributed by atoms with Crippen molar-refractivity contribution in [1.82, 2.24) is 4.90 Å². The van der Waals surface area contributed by atoms with Crippen LogP contribution in [0, 0.1) is 11.8 Å². The molecule has 1 unspecified atom stereocenters. The number of ether oxygens (including phenoxy) is 3. The van der Waals surface area contributed by atoms with Gasteiger partial charge in [0, 0.05) is 18.2 Å². The van der Waals surface area contributed by atoms with Gasteiger partial charge in [0.1, 0.15) is 6.61 Å². The molecule has 0 bridgehead atoms. The second kappa shape index (κ2) is 9.70. The number of carbonyl (C=O) groups is 2. The van der Waals surface area contributed by atoms with E-state index in [1.54, 1.807) is 6.07 Å². The number of carbonyl (C=O) groups excluding carboxylic acids is 1. The van der Waals surface area contributed by atoms with E-state index in [2.05, 4.69) is 11.8 Å². The highest BCUT2D eigenvalue weighted by atomic mass is 16.5. The van der Waals surface area contributed by atoms with Crippen LogP contribution >= 0.6 is 0 Å². The largest absolute Gasteiger partial charge is 0.493 e. The van der Waals surface area contributed by atoms with Gasteiger partial charge in [-0.15, -0.1) is 0 Å². The molecule has 156 valence electrons. The molecule has 1 aliphatic rings. The van der Waals surface area contributed by atoms with Gasteiger partial charge in [-0.1, -0.05) is 42.2 Å². The Balaban J connectivity index is 1.94. The molecule has 2 aromatic rings. The quantitative estimate of drug-likeness (QED) is 0.600. The summed E-state index contributed by atoms with van der Waals surface area (Å²) in [6, 6.07) is 12.4. The SMILES string of the molecule is COC(=O)c1cc(OC)c(OCc2ccccc2)cc1C#CC1CCCN1C(=O)O. The Hall–Kier alpha value is -3.66. The van der Waals surface area contributed by atoms with Gasteiger partial charge in [0.2, 0.25) is 0 Å². The maximum atomic E-state index is 12.3. The summed E-state index contributed by atoms with van der Waals surface area (Å²) in [6.07, 6.45) is 0.408. The normalized spacial score (nSPS) is 15.1. The number of carboxylic acid groups (broad SMARTS) is 1. The smallest absolute Gasteiger partial charge is 0.408 e. The van der Waals surface area contributed by atoms with Crippen LogP contribution in [0.1, 0.15) is 34.3 Å². The summed E-state index contributed by atoms with van der Waals surface area (Å²) in [4.78, 5) is 24.9. The van der Waals surface area contributed by atoms with Crippen molar-refractivity contribution in [1.29, 1.82) is 0 Å². The molecule has 1 atom stereocenters. The Kier molecular flexibility index (Phi) is 6.81. The first-order valence-corrected chi connectivity index (χ1v) is 9.51. The zero-order chi connectivity index (χ0) is 21.5. The van der Waals surface area contributed by atoms with Gasteiger partial charge < -0.3 is 19.3 Å². The van der Waals surface area contributed by atoms with Crippen LogP contribution in [0.3, 0.4) is 0 Å². The maximum absolute atomic E-state index is 12.3. The summed E-state index contributed by atoms with van der Waals surface area (Å²) < 4.78 is 16.2. The van der Waals surface area contributed by atoms with Crippen LogP contribution in [-0.4, -0.2) is 48.9 Å². The van der Waals surface area contributed by atoms with Gasteiger partial charge in [-0.2, -0.15) is 0 Å². The molecule has 7 heteroatoms. The highest BCUT2D eigenvalue weighted by Crippen LogP contribution is 2.32. The van der Waals surface area contributed by atoms with Gasteiger partial charge in [-0.25, -0.2) is 9.59 Å². The predicted octanol–water partition coefficient (Wildman–Crippen LogP) is 3.55. The highest BCUT2D eigenvalue weighted by Gasteiger charge is 2.27. The van der Waals surface area contributed by atoms with Gasteiger partial charge in [0.25, 0.3) is 0 Å². The van der Waals surface area contributed by atoms with Gasteiger partial charge in [-0.05, 0) is 24.5 Å². The zero-order valence-electron chi connectivity index (χ0n) is 16.9. The molecule has 1 N–H and O–H groups in total. The lowest BCUT2D eigenvalue weighted by Gasteiger charge is -2.16. The topological polar surface area (TPSA) is 85.3 Å². The van der Waals surface area contributed by atoms with Crippen LogP contribution in [0.5, 0.6) is 11.5 Å². The number of rotatable bonds is 5. The average molecular weight is 409 g/mol. The van der Waals surface area contributed by atoms with E-state index < -0.39 is 18.1 Å². The van der Waals surface area contributed by atoms with Crippen LogP contribution < -0.4 is 9.47 Å². The minimum atomic E-state index is -0.999. The molecule has 30 heavy (non-hydrogen) atoms. The third-order valence-electron chi connectivity index (χ3n) is 4.82. The fourth-order valence-corrected chi connectivity index (χ4v) is 3.26. The second-order valence-corrected chi connectivity index (χ2v) is 6.72. The van der Waals surface area contributed by atoms with Gasteiger partial charge in [0.05, 0.1) is 25.8 Å². The van der Waals surface area contributed by atoms with E-state index in [1.165, 1.54) is 25.2 Å². The van der Waals surface area contributed by atoms with Gasteiger partial charge in [0.15, 0.2) is 11.5 Å². The molecule has 1 amide bonds. The van der Waals surface area contributed by atoms with Gasteiger partial charge >= 0.3 is 12.1 Å². The number of hydrogen-bond donors (Lipinski definition) is 1. The predicted molar refractivity (Wildman–Crippen MR) is 110 cm³/mol. The van der Waals surface area contributed by atoms with Crippen LogP contribution in [-0.2, 0) is 11.3 Å². The maximum Gasteiger partial charge on any atom is 0.408 e. The number of nitrogens with zero attached hydrogens (tertiary/aromatic N) is 1. The van der Waals surface area contributed by atoms with Gasteiger partial charge in [-0.3, -0.25) is 4.90 Å². The van der Waals surface area contributed by atoms with Crippen molar-refractivity contribution >= 4 is 12.1 Å². The number of hydrogen-bond acceptors (Lipinski definition) is 5. The molecule has 0 spiro atoms. The van der Waals surface area contributed by atoms with E-state index in [9.17, 15) is 14.7 Å². The average Bonchev–Trinajstić information content (AvgIpc) is 3.25. The van der Waals surface area contributed by atoms with E-state index >= 15 is 0 Å². The molecule has 1 heterocycles. The Morgan fingerprint density at radius 2 is 1.93 bits per heavy atom. The van der Waals surface area contributed by atoms with E-state index in [0.717, 1.165) is 12.0 Å². The van der Waals surface area contributed by atoms with Crippen molar-refractivity contribution in [2.24, 2.45) is 0 Å². The van der Waals surface area contributed by atoms with Crippen molar-refractivity contribution in [2.75, 3.05) is 20.8 Å². The van der Waals surface area contributed by atoms with Crippen molar-refractivity contribution in [3.05, 3.63) is 59.2 Å². The summed E-state index contributed by atoms with van der Waals surface area (Å²) in [6.45, 7) is 0.768. The van der Waals surface area contributed by atoms with Crippen LogP contribution in [0.15, 0.2) is 42.5 Å². The molecule has 0 aromatic heterocycles. The van der Waals surface area contributed by atoms with E-state index in [4.69, 9.17) is 14.2 Å². The minimum absolute atomic E-state index is 0.230. The zero-order valence-corrected chi connectivity index (χ0v) is 16.9. The van der Waals surface area contributed by atoms with Crippen LogP contribution in [0.2, 0.25) is 0 Å². The Morgan fingerprint density at radius 1 is 1.17 bits per heavy atom. The molecule has 7 nitrogen and oxygen atoms in total. The number of esters is 1. The summed E-state index contributed by atoms with van der Waals surface area (Å²) in [7, 11) is 2.77. The number of amides is 1. The standard InChI is InChI=1S/C23H23NO6/c1-28-20-14-19(22(25)29-2)17(10-11-18-9-6-12-24(18)23(26)27)13-21(20)30-15-16-7-4-3-5-8-16/h3-5,7-8,13-14,18H,6,9,12,15H2,1-2H3,(H,26,27). The summed E-state index contributed by atoms with van der Waals surface area (Å²) >= 11 is 0. The highest BCUT2D eigenvalue weighted by molar-refractivity contribution is 5.93. The van der Waals surface area contributed by atoms with Crippen molar-refractivity contribution in [3.8, 4) is 23.3 Å². The number of benzene rings is 2. The van der Waals surface area contributed by atoms with Crippen molar-refractivity contribution in [2.45, 2.75) is 25.5 Å². The molecule has 1 aliphatic heterocycles. The van der Waals surface area contributed by atoms with Crippen LogP contribution in [0.4, 0.5) is 4.79 Å². The first-order chi connectivity index (χ1) is 14.5. The lowest BCUT2D eigenvalue weighted by Crippen LogP contribution is -2.33. The van der Waals surface area contributed by atoms with E-state index in [0.29, 0.717) is 36.6 Å². The molecular weight excluding hydrogens is 386 g/mol. The molecule has 3 rings (SSSR count). The fraction of sp³-hybridized carbons (Fsp3) is 0.304. The first kappa shape index (κ1) is 21.1. The Morgan fingerprint density at radius 3 is 2.60 bits per heavy atom. The summed E-state index contributed by atoms with van der Waals surface area (Å²) in [5, 5.41) is 9.30. The molecule has 0 radical (unpaired) electrons.